The molecular formula is C24H32N4O4S+2. The lowest BCUT2D eigenvalue weighted by molar-refractivity contribution is -1.01. The van der Waals surface area contributed by atoms with E-state index >= 15 is 0 Å². The molecule has 1 saturated heterocycles. The molecule has 1 fully saturated rings. The second-order valence-corrected chi connectivity index (χ2v) is 9.38. The molecule has 0 saturated carbocycles. The van der Waals surface area contributed by atoms with Crippen LogP contribution in [-0.2, 0) is 9.53 Å². The minimum Gasteiger partial charge on any atom is -0.450 e. The average molecular weight is 473 g/mol. The molecule has 8 nitrogen and oxygen atoms in total. The van der Waals surface area contributed by atoms with E-state index in [1.165, 1.54) is 9.80 Å². The number of nitrogens with zero attached hydrogens (tertiary/aromatic N) is 1. The van der Waals surface area contributed by atoms with Crippen LogP contribution >= 0.6 is 11.8 Å². The molecule has 0 aromatic heterocycles. The summed E-state index contributed by atoms with van der Waals surface area (Å²) in [6.45, 7) is 7.94. The number of piperazine rings is 1. The summed E-state index contributed by atoms with van der Waals surface area (Å²) in [5.74, 6) is 0.0509. The molecule has 9 heteroatoms. The predicted octanol–water partition coefficient (Wildman–Crippen LogP) is 0.550. The maximum Gasteiger partial charge on any atom is 0.411 e. The monoisotopic (exact) mass is 472 g/mol. The number of nitrogens with one attached hydrogen (secondary N) is 3. The molecule has 0 atom stereocenters. The van der Waals surface area contributed by atoms with E-state index in [1.807, 2.05) is 42.5 Å². The van der Waals surface area contributed by atoms with E-state index in [0.29, 0.717) is 18.7 Å². The summed E-state index contributed by atoms with van der Waals surface area (Å²) in [6, 6.07) is 13.5. The van der Waals surface area contributed by atoms with Gasteiger partial charge in [0.1, 0.15) is 32.7 Å². The molecule has 0 aliphatic carbocycles. The fourth-order valence-corrected chi connectivity index (χ4v) is 5.44. The summed E-state index contributed by atoms with van der Waals surface area (Å²) in [6.07, 6.45) is -0.0659. The normalized spacial score (nSPS) is 19.4. The van der Waals surface area contributed by atoms with Gasteiger partial charge in [0.05, 0.1) is 37.6 Å². The minimum absolute atomic E-state index is 0.0509. The van der Waals surface area contributed by atoms with Crippen molar-refractivity contribution in [2.24, 2.45) is 0 Å². The first-order valence-corrected chi connectivity index (χ1v) is 12.4. The maximum absolute atomic E-state index is 13.5. The van der Waals surface area contributed by atoms with E-state index in [0.717, 1.165) is 60.4 Å². The standard InChI is InChI=1S/C24H30N4O4S/c1-2-32-24(31)25-18-7-8-22-20(17-18)28(19-5-3-4-6-21(19)33-22)23(30)9-10-26-11-13-27(14-12-26)15-16-29/h3-8,17,29H,2,9-16H2,1H3,(H,25,31)/p+2. The van der Waals surface area contributed by atoms with Gasteiger partial charge in [-0.3, -0.25) is 15.0 Å². The number of rotatable bonds is 7. The lowest BCUT2D eigenvalue weighted by Crippen LogP contribution is -3.28. The van der Waals surface area contributed by atoms with Crippen LogP contribution in [0.15, 0.2) is 52.3 Å². The molecule has 2 aromatic carbocycles. The van der Waals surface area contributed by atoms with Crippen LogP contribution in [0, 0.1) is 0 Å². The number of quaternary nitrogens is 2. The quantitative estimate of drug-likeness (QED) is 0.473. The van der Waals surface area contributed by atoms with Crippen LogP contribution in [0.2, 0.25) is 0 Å². The first-order chi connectivity index (χ1) is 16.1. The Morgan fingerprint density at radius 1 is 1.03 bits per heavy atom. The van der Waals surface area contributed by atoms with Gasteiger partial charge in [-0.2, -0.15) is 0 Å². The molecule has 0 bridgehead atoms. The first-order valence-electron chi connectivity index (χ1n) is 11.5. The van der Waals surface area contributed by atoms with Crippen LogP contribution in [0.5, 0.6) is 0 Å². The number of fused-ring (bicyclic) bond motifs is 2. The van der Waals surface area contributed by atoms with Crippen molar-refractivity contribution in [2.45, 2.75) is 23.1 Å². The Hall–Kier alpha value is -2.59. The Morgan fingerprint density at radius 2 is 1.73 bits per heavy atom. The van der Waals surface area contributed by atoms with Crippen molar-refractivity contribution < 1.29 is 29.2 Å². The van der Waals surface area contributed by atoms with Gasteiger partial charge >= 0.3 is 6.09 Å². The van der Waals surface area contributed by atoms with E-state index in [1.54, 1.807) is 23.6 Å². The smallest absolute Gasteiger partial charge is 0.411 e. The number of para-hydroxylation sites is 1. The van der Waals surface area contributed by atoms with Crippen LogP contribution in [0.3, 0.4) is 0 Å². The number of anilines is 3. The summed E-state index contributed by atoms with van der Waals surface area (Å²) in [5, 5.41) is 11.9. The second-order valence-electron chi connectivity index (χ2n) is 8.30. The Morgan fingerprint density at radius 3 is 2.45 bits per heavy atom. The highest BCUT2D eigenvalue weighted by molar-refractivity contribution is 7.99. The third kappa shape index (κ3) is 5.67. The van der Waals surface area contributed by atoms with E-state index in [2.05, 4.69) is 5.32 Å². The van der Waals surface area contributed by atoms with E-state index in [9.17, 15) is 9.59 Å². The fourth-order valence-electron chi connectivity index (χ4n) is 4.40. The van der Waals surface area contributed by atoms with Gasteiger partial charge in [-0.05, 0) is 37.3 Å². The summed E-state index contributed by atoms with van der Waals surface area (Å²) >= 11 is 1.63. The number of aliphatic hydroxyl groups is 1. The van der Waals surface area contributed by atoms with Crippen molar-refractivity contribution in [3.05, 3.63) is 42.5 Å². The molecule has 4 rings (SSSR count). The SMILES string of the molecule is CCOC(=O)Nc1ccc2c(c1)N(C(=O)CC[NH+]1CC[NH+](CCO)CC1)c1ccccc1S2. The highest BCUT2D eigenvalue weighted by Gasteiger charge is 2.30. The van der Waals surface area contributed by atoms with Gasteiger partial charge < -0.3 is 19.6 Å². The van der Waals surface area contributed by atoms with Gasteiger partial charge in [-0.1, -0.05) is 23.9 Å². The van der Waals surface area contributed by atoms with Crippen molar-refractivity contribution in [2.75, 3.05) is 62.7 Å². The summed E-state index contributed by atoms with van der Waals surface area (Å²) < 4.78 is 4.99. The van der Waals surface area contributed by atoms with Crippen molar-refractivity contribution in [1.29, 1.82) is 0 Å². The lowest BCUT2D eigenvalue weighted by atomic mass is 10.1. The number of benzene rings is 2. The second kappa shape index (κ2) is 11.0. The third-order valence-corrected chi connectivity index (χ3v) is 7.25. The molecule has 2 heterocycles. The van der Waals surface area contributed by atoms with Gasteiger partial charge in [0, 0.05) is 15.5 Å². The number of ether oxygens (including phenoxy) is 1. The Labute approximate surface area is 198 Å². The van der Waals surface area contributed by atoms with Gasteiger partial charge in [-0.15, -0.1) is 0 Å². The predicted molar refractivity (Wildman–Crippen MR) is 128 cm³/mol. The number of carbonyl (C=O) groups excluding carboxylic acids is 2. The van der Waals surface area contributed by atoms with Crippen molar-refractivity contribution in [3.63, 3.8) is 0 Å². The fraction of sp³-hybridized carbons (Fsp3) is 0.417. The highest BCUT2D eigenvalue weighted by Crippen LogP contribution is 2.49. The number of amides is 2. The molecule has 176 valence electrons. The van der Waals surface area contributed by atoms with Crippen molar-refractivity contribution >= 4 is 40.8 Å². The van der Waals surface area contributed by atoms with Crippen LogP contribution in [0.4, 0.5) is 21.9 Å². The van der Waals surface area contributed by atoms with Crippen LogP contribution in [-0.4, -0.2) is 69.6 Å². The maximum atomic E-state index is 13.5. The molecule has 4 N–H and O–H groups in total. The number of hydrogen-bond acceptors (Lipinski definition) is 5. The molecule has 2 aliphatic rings. The Bertz CT molecular complexity index is 994. The molecule has 2 aliphatic heterocycles. The van der Waals surface area contributed by atoms with Crippen LogP contribution in [0.25, 0.3) is 0 Å². The van der Waals surface area contributed by atoms with Gasteiger partial charge in [-0.25, -0.2) is 4.79 Å². The van der Waals surface area contributed by atoms with Gasteiger partial charge in [0.15, 0.2) is 0 Å². The number of carbonyl (C=O) groups is 2. The van der Waals surface area contributed by atoms with Gasteiger partial charge in [0.25, 0.3) is 0 Å². The largest absolute Gasteiger partial charge is 0.450 e. The molecule has 0 radical (unpaired) electrons. The molecule has 0 spiro atoms. The molecular weight excluding hydrogens is 440 g/mol. The zero-order chi connectivity index (χ0) is 23.2. The van der Waals surface area contributed by atoms with E-state index in [4.69, 9.17) is 9.84 Å². The topological polar surface area (TPSA) is 87.8 Å². The summed E-state index contributed by atoms with van der Waals surface area (Å²) in [4.78, 5) is 32.1. The minimum atomic E-state index is -0.509. The van der Waals surface area contributed by atoms with E-state index < -0.39 is 6.09 Å². The molecule has 33 heavy (non-hydrogen) atoms. The van der Waals surface area contributed by atoms with Crippen molar-refractivity contribution in [1.82, 2.24) is 0 Å². The highest BCUT2D eigenvalue weighted by atomic mass is 32.2. The molecule has 2 aromatic rings. The van der Waals surface area contributed by atoms with Crippen LogP contribution in [0.1, 0.15) is 13.3 Å². The Kier molecular flexibility index (Phi) is 7.87. The van der Waals surface area contributed by atoms with E-state index in [-0.39, 0.29) is 12.5 Å². The van der Waals surface area contributed by atoms with Gasteiger partial charge in [0.2, 0.25) is 5.91 Å². The summed E-state index contributed by atoms with van der Waals surface area (Å²) in [7, 11) is 0. The zero-order valence-corrected chi connectivity index (χ0v) is 19.7. The summed E-state index contributed by atoms with van der Waals surface area (Å²) in [5.41, 5.74) is 2.25. The average Bonchev–Trinajstić information content (AvgIpc) is 2.82. The van der Waals surface area contributed by atoms with Crippen molar-refractivity contribution in [3.8, 4) is 0 Å². The Balaban J connectivity index is 1.50. The molecule has 0 unspecified atom stereocenters. The number of hydrogen-bond donors (Lipinski definition) is 4. The molecule has 2 amide bonds. The third-order valence-electron chi connectivity index (χ3n) is 6.12. The zero-order valence-electron chi connectivity index (χ0n) is 18.9. The first kappa shape index (κ1) is 23.6. The van der Waals surface area contributed by atoms with Crippen LogP contribution < -0.4 is 20.0 Å². The number of aliphatic hydroxyl groups excluding tert-OH is 1. The lowest BCUT2D eigenvalue weighted by Gasteiger charge is -2.33.